The molecule has 1 atom stereocenters. The molecule has 0 radical (unpaired) electrons. The van der Waals surface area contributed by atoms with Crippen LogP contribution >= 0.6 is 0 Å². The van der Waals surface area contributed by atoms with E-state index in [0.717, 1.165) is 49.9 Å². The van der Waals surface area contributed by atoms with Gasteiger partial charge in [0.2, 0.25) is 0 Å². The molecule has 1 aromatic heterocycles. The summed E-state index contributed by atoms with van der Waals surface area (Å²) in [5, 5.41) is 0. The van der Waals surface area contributed by atoms with E-state index < -0.39 is 0 Å². The van der Waals surface area contributed by atoms with Gasteiger partial charge in [-0.05, 0) is 44.0 Å². The Bertz CT molecular complexity index is 649. The maximum absolute atomic E-state index is 12.1. The quantitative estimate of drug-likeness (QED) is 0.908. The lowest BCUT2D eigenvalue weighted by molar-refractivity contribution is 0.173. The van der Waals surface area contributed by atoms with Crippen LogP contribution in [0.25, 0.3) is 11.0 Å². The van der Waals surface area contributed by atoms with Gasteiger partial charge in [-0.25, -0.2) is 4.79 Å². The molecule has 2 heterocycles. The molecule has 4 heteroatoms. The Balaban J connectivity index is 1.97. The number of aromatic amines is 1. The van der Waals surface area contributed by atoms with Crippen molar-refractivity contribution in [2.75, 3.05) is 13.1 Å². The molecule has 0 spiro atoms. The van der Waals surface area contributed by atoms with Gasteiger partial charge in [0.25, 0.3) is 0 Å². The van der Waals surface area contributed by atoms with Crippen LogP contribution in [0.4, 0.5) is 0 Å². The Kier molecular flexibility index (Phi) is 3.66. The summed E-state index contributed by atoms with van der Waals surface area (Å²) >= 11 is 0. The van der Waals surface area contributed by atoms with Crippen LogP contribution in [0.1, 0.15) is 32.3 Å². The highest BCUT2D eigenvalue weighted by Gasteiger charge is 2.26. The molecule has 3 rings (SSSR count). The Hall–Kier alpha value is -1.55. The zero-order valence-corrected chi connectivity index (χ0v) is 12.4. The second-order valence-electron chi connectivity index (χ2n) is 5.75. The number of nitrogens with one attached hydrogen (secondary N) is 1. The molecule has 0 saturated heterocycles. The lowest BCUT2D eigenvalue weighted by Crippen LogP contribution is -2.44. The first-order valence-corrected chi connectivity index (χ1v) is 7.69. The minimum absolute atomic E-state index is 0.0325. The number of nitrogens with zero attached hydrogens (tertiary/aromatic N) is 2. The minimum atomic E-state index is 0.0325. The summed E-state index contributed by atoms with van der Waals surface area (Å²) in [5.41, 5.74) is 3.42. The van der Waals surface area contributed by atoms with Crippen LogP contribution in [0.2, 0.25) is 0 Å². The number of hydrogen-bond acceptors (Lipinski definition) is 2. The van der Waals surface area contributed by atoms with Gasteiger partial charge in [0.15, 0.2) is 0 Å². The van der Waals surface area contributed by atoms with Crippen molar-refractivity contribution in [3.63, 3.8) is 0 Å². The SMILES string of the molecule is CCCN(CCC)[C@H]1Cc2cccc3[nH]c(=O)n(c23)C1. The highest BCUT2D eigenvalue weighted by atomic mass is 16.1. The van der Waals surface area contributed by atoms with Crippen LogP contribution < -0.4 is 5.69 Å². The molecule has 2 aromatic rings. The van der Waals surface area contributed by atoms with Crippen molar-refractivity contribution in [1.29, 1.82) is 0 Å². The molecular weight excluding hydrogens is 250 g/mol. The van der Waals surface area contributed by atoms with Crippen molar-refractivity contribution in [2.24, 2.45) is 0 Å². The number of imidazole rings is 1. The zero-order valence-electron chi connectivity index (χ0n) is 12.4. The molecule has 0 amide bonds. The third kappa shape index (κ3) is 2.18. The zero-order chi connectivity index (χ0) is 14.1. The number of benzene rings is 1. The lowest BCUT2D eigenvalue weighted by atomic mass is 9.99. The predicted octanol–water partition coefficient (Wildman–Crippen LogP) is 2.38. The van der Waals surface area contributed by atoms with Crippen LogP contribution in [0, 0.1) is 0 Å². The fourth-order valence-electron chi connectivity index (χ4n) is 3.46. The second-order valence-corrected chi connectivity index (χ2v) is 5.75. The number of para-hydroxylation sites is 1. The van der Waals surface area contributed by atoms with Crippen molar-refractivity contribution in [3.05, 3.63) is 34.2 Å². The third-order valence-corrected chi connectivity index (χ3v) is 4.26. The molecule has 0 fully saturated rings. The van der Waals surface area contributed by atoms with E-state index in [1.54, 1.807) is 0 Å². The minimum Gasteiger partial charge on any atom is -0.306 e. The van der Waals surface area contributed by atoms with Gasteiger partial charge in [0, 0.05) is 12.6 Å². The normalized spacial score (nSPS) is 18.1. The number of hydrogen-bond donors (Lipinski definition) is 1. The Morgan fingerprint density at radius 1 is 1.30 bits per heavy atom. The first kappa shape index (κ1) is 13.4. The molecule has 4 nitrogen and oxygen atoms in total. The number of aromatic nitrogens is 2. The smallest absolute Gasteiger partial charge is 0.306 e. The molecule has 108 valence electrons. The molecule has 0 bridgehead atoms. The standard InChI is InChI=1S/C16H23N3O/c1-3-8-18(9-4-2)13-10-12-6-5-7-14-15(12)19(11-13)16(20)17-14/h5-7,13H,3-4,8-11H2,1-2H3,(H,17,20)/t13-/m0/s1. The number of H-pyrrole nitrogens is 1. The average Bonchev–Trinajstić information content (AvgIpc) is 2.77. The lowest BCUT2D eigenvalue weighted by Gasteiger charge is -2.34. The van der Waals surface area contributed by atoms with E-state index in [9.17, 15) is 4.79 Å². The fraction of sp³-hybridized carbons (Fsp3) is 0.562. The molecule has 0 saturated carbocycles. The average molecular weight is 273 g/mol. The third-order valence-electron chi connectivity index (χ3n) is 4.26. The van der Waals surface area contributed by atoms with Crippen LogP contribution in [0.5, 0.6) is 0 Å². The molecule has 20 heavy (non-hydrogen) atoms. The van der Waals surface area contributed by atoms with Crippen molar-refractivity contribution in [2.45, 2.75) is 45.7 Å². The highest BCUT2D eigenvalue weighted by Crippen LogP contribution is 2.25. The van der Waals surface area contributed by atoms with Crippen molar-refractivity contribution < 1.29 is 0 Å². The second kappa shape index (κ2) is 5.44. The molecule has 1 aliphatic heterocycles. The number of rotatable bonds is 5. The topological polar surface area (TPSA) is 41.0 Å². The van der Waals surface area contributed by atoms with Gasteiger partial charge in [-0.3, -0.25) is 9.47 Å². The summed E-state index contributed by atoms with van der Waals surface area (Å²) in [4.78, 5) is 17.6. The van der Waals surface area contributed by atoms with Gasteiger partial charge in [0.1, 0.15) is 0 Å². The predicted molar refractivity (Wildman–Crippen MR) is 82.2 cm³/mol. The molecule has 1 aromatic carbocycles. The van der Waals surface area contributed by atoms with Gasteiger partial charge in [-0.15, -0.1) is 0 Å². The summed E-state index contributed by atoms with van der Waals surface area (Å²) in [6.07, 6.45) is 3.37. The van der Waals surface area contributed by atoms with Crippen molar-refractivity contribution in [3.8, 4) is 0 Å². The Labute approximate surface area is 119 Å². The molecule has 1 aliphatic rings. The molecular formula is C16H23N3O. The first-order valence-electron chi connectivity index (χ1n) is 7.69. The monoisotopic (exact) mass is 273 g/mol. The van der Waals surface area contributed by atoms with Gasteiger partial charge in [-0.2, -0.15) is 0 Å². The van der Waals surface area contributed by atoms with Gasteiger partial charge in [0.05, 0.1) is 11.0 Å². The summed E-state index contributed by atoms with van der Waals surface area (Å²) in [7, 11) is 0. The summed E-state index contributed by atoms with van der Waals surface area (Å²) in [6, 6.07) is 6.65. The molecule has 0 aliphatic carbocycles. The summed E-state index contributed by atoms with van der Waals surface area (Å²) < 4.78 is 1.93. The van der Waals surface area contributed by atoms with Crippen LogP contribution in [0.3, 0.4) is 0 Å². The van der Waals surface area contributed by atoms with Crippen molar-refractivity contribution >= 4 is 11.0 Å². The van der Waals surface area contributed by atoms with E-state index in [-0.39, 0.29) is 5.69 Å². The Morgan fingerprint density at radius 2 is 2.05 bits per heavy atom. The first-order chi connectivity index (χ1) is 9.74. The molecule has 1 N–H and O–H groups in total. The largest absolute Gasteiger partial charge is 0.326 e. The van der Waals surface area contributed by atoms with E-state index in [2.05, 4.69) is 29.8 Å². The molecule has 0 unspecified atom stereocenters. The van der Waals surface area contributed by atoms with E-state index in [1.807, 2.05) is 16.7 Å². The van der Waals surface area contributed by atoms with Gasteiger partial charge in [-0.1, -0.05) is 26.0 Å². The van der Waals surface area contributed by atoms with Crippen LogP contribution in [-0.4, -0.2) is 33.6 Å². The van der Waals surface area contributed by atoms with Crippen molar-refractivity contribution in [1.82, 2.24) is 14.5 Å². The fourth-order valence-corrected chi connectivity index (χ4v) is 3.46. The Morgan fingerprint density at radius 3 is 2.75 bits per heavy atom. The highest BCUT2D eigenvalue weighted by molar-refractivity contribution is 5.79. The van der Waals surface area contributed by atoms with Gasteiger partial charge < -0.3 is 4.98 Å². The van der Waals surface area contributed by atoms with E-state index >= 15 is 0 Å². The maximum atomic E-state index is 12.1. The van der Waals surface area contributed by atoms with E-state index in [1.165, 1.54) is 5.56 Å². The maximum Gasteiger partial charge on any atom is 0.326 e. The summed E-state index contributed by atoms with van der Waals surface area (Å²) in [6.45, 7) is 7.49. The van der Waals surface area contributed by atoms with E-state index in [4.69, 9.17) is 0 Å². The van der Waals surface area contributed by atoms with Crippen LogP contribution in [0.15, 0.2) is 23.0 Å². The van der Waals surface area contributed by atoms with Crippen LogP contribution in [-0.2, 0) is 13.0 Å². The van der Waals surface area contributed by atoms with E-state index in [0.29, 0.717) is 6.04 Å². The van der Waals surface area contributed by atoms with Gasteiger partial charge >= 0.3 is 5.69 Å². The summed E-state index contributed by atoms with van der Waals surface area (Å²) in [5.74, 6) is 0.